The van der Waals surface area contributed by atoms with E-state index in [0.717, 1.165) is 17.8 Å². The highest BCUT2D eigenvalue weighted by Crippen LogP contribution is 2.25. The first kappa shape index (κ1) is 14.8. The van der Waals surface area contributed by atoms with Gasteiger partial charge in [0.1, 0.15) is 0 Å². The fourth-order valence-corrected chi connectivity index (χ4v) is 2.05. The maximum atomic E-state index is 11.2. The summed E-state index contributed by atoms with van der Waals surface area (Å²) in [5, 5.41) is 0.625. The van der Waals surface area contributed by atoms with E-state index in [1.165, 1.54) is 0 Å². The lowest BCUT2D eigenvalue weighted by Gasteiger charge is -2.27. The zero-order valence-electron chi connectivity index (χ0n) is 10.8. The molecule has 5 heteroatoms. The highest BCUT2D eigenvalue weighted by Gasteiger charge is 2.14. The molecule has 0 aliphatic rings. The summed E-state index contributed by atoms with van der Waals surface area (Å²) in [6.07, 6.45) is 0. The third-order valence-electron chi connectivity index (χ3n) is 2.54. The molecule has 0 radical (unpaired) electrons. The van der Waals surface area contributed by atoms with E-state index in [1.807, 2.05) is 17.0 Å². The van der Waals surface area contributed by atoms with Gasteiger partial charge in [0.2, 0.25) is 5.91 Å². The highest BCUT2D eigenvalue weighted by molar-refractivity contribution is 6.30. The molecule has 100 valence electrons. The minimum atomic E-state index is -0.362. The molecule has 0 fully saturated rings. The molecule has 18 heavy (non-hydrogen) atoms. The second-order valence-corrected chi connectivity index (χ2v) is 5.15. The number of carbonyl (C=O) groups is 1. The topological polar surface area (TPSA) is 72.3 Å². The molecule has 1 aromatic rings. The molecule has 0 spiro atoms. The minimum Gasteiger partial charge on any atom is -0.368 e. The van der Waals surface area contributed by atoms with E-state index in [-0.39, 0.29) is 12.5 Å². The molecule has 0 aromatic heterocycles. The number of hydrogen-bond donors (Lipinski definition) is 2. The molecule has 1 amide bonds. The normalized spacial score (nSPS) is 10.7. The fraction of sp³-hybridized carbons (Fsp3) is 0.462. The van der Waals surface area contributed by atoms with Crippen molar-refractivity contribution in [1.29, 1.82) is 0 Å². The van der Waals surface area contributed by atoms with Gasteiger partial charge in [0, 0.05) is 23.8 Å². The standard InChI is InChI=1S/C13H20ClN3O/c1-9(2)7-17(8-13(16)18)12-5-11(14)4-3-10(12)6-15/h3-5,9H,6-8,15H2,1-2H3,(H2,16,18). The smallest absolute Gasteiger partial charge is 0.236 e. The molecule has 1 aromatic carbocycles. The third-order valence-corrected chi connectivity index (χ3v) is 2.78. The number of anilines is 1. The maximum Gasteiger partial charge on any atom is 0.236 e. The van der Waals surface area contributed by atoms with Gasteiger partial charge in [-0.05, 0) is 23.6 Å². The molecule has 1 rings (SSSR count). The van der Waals surface area contributed by atoms with Crippen LogP contribution in [-0.2, 0) is 11.3 Å². The van der Waals surface area contributed by atoms with Crippen LogP contribution < -0.4 is 16.4 Å². The molecule has 0 atom stereocenters. The van der Waals surface area contributed by atoms with Crippen molar-refractivity contribution >= 4 is 23.2 Å². The molecule has 4 N–H and O–H groups in total. The van der Waals surface area contributed by atoms with Crippen LogP contribution in [0.1, 0.15) is 19.4 Å². The van der Waals surface area contributed by atoms with Crippen LogP contribution in [0.3, 0.4) is 0 Å². The number of nitrogens with two attached hydrogens (primary N) is 2. The van der Waals surface area contributed by atoms with Crippen LogP contribution in [0.2, 0.25) is 5.02 Å². The zero-order valence-corrected chi connectivity index (χ0v) is 11.6. The molecule has 0 heterocycles. The second kappa shape index (κ2) is 6.61. The summed E-state index contributed by atoms with van der Waals surface area (Å²) in [5.74, 6) is 0.0487. The Hall–Kier alpha value is -1.26. The molecule has 0 unspecified atom stereocenters. The predicted molar refractivity (Wildman–Crippen MR) is 75.6 cm³/mol. The quantitative estimate of drug-likeness (QED) is 0.826. The summed E-state index contributed by atoms with van der Waals surface area (Å²) in [4.78, 5) is 13.1. The van der Waals surface area contributed by atoms with Crippen LogP contribution in [0.4, 0.5) is 5.69 Å². The van der Waals surface area contributed by atoms with E-state index in [2.05, 4.69) is 13.8 Å². The van der Waals surface area contributed by atoms with E-state index >= 15 is 0 Å². The number of hydrogen-bond acceptors (Lipinski definition) is 3. The van der Waals surface area contributed by atoms with Crippen molar-refractivity contribution in [2.24, 2.45) is 17.4 Å². The summed E-state index contributed by atoms with van der Waals surface area (Å²) in [6, 6.07) is 5.51. The van der Waals surface area contributed by atoms with Crippen molar-refractivity contribution in [1.82, 2.24) is 0 Å². The van der Waals surface area contributed by atoms with Crippen LogP contribution in [0.25, 0.3) is 0 Å². The van der Waals surface area contributed by atoms with Crippen LogP contribution in [-0.4, -0.2) is 19.0 Å². The first-order valence-electron chi connectivity index (χ1n) is 5.95. The summed E-state index contributed by atoms with van der Waals surface area (Å²) in [7, 11) is 0. The van der Waals surface area contributed by atoms with Crippen LogP contribution >= 0.6 is 11.6 Å². The van der Waals surface area contributed by atoms with Gasteiger partial charge in [-0.3, -0.25) is 4.79 Å². The fourth-order valence-electron chi connectivity index (χ4n) is 1.88. The Labute approximate surface area is 113 Å². The van der Waals surface area contributed by atoms with E-state index < -0.39 is 0 Å². The van der Waals surface area contributed by atoms with Gasteiger partial charge in [-0.25, -0.2) is 0 Å². The Balaban J connectivity index is 3.09. The average Bonchev–Trinajstić information content (AvgIpc) is 2.26. The molecular weight excluding hydrogens is 250 g/mol. The first-order valence-corrected chi connectivity index (χ1v) is 6.33. The van der Waals surface area contributed by atoms with Crippen molar-refractivity contribution < 1.29 is 4.79 Å². The Morgan fingerprint density at radius 1 is 1.44 bits per heavy atom. The maximum absolute atomic E-state index is 11.2. The third kappa shape index (κ3) is 4.20. The summed E-state index contributed by atoms with van der Waals surface area (Å²) in [5.41, 5.74) is 12.9. The van der Waals surface area contributed by atoms with E-state index in [0.29, 0.717) is 17.5 Å². The monoisotopic (exact) mass is 269 g/mol. The van der Waals surface area contributed by atoms with Gasteiger partial charge >= 0.3 is 0 Å². The number of benzene rings is 1. The van der Waals surface area contributed by atoms with Gasteiger partial charge < -0.3 is 16.4 Å². The first-order chi connectivity index (χ1) is 8.43. The Bertz CT molecular complexity index is 421. The molecule has 0 aliphatic heterocycles. The molecule has 0 bridgehead atoms. The number of carbonyl (C=O) groups excluding carboxylic acids is 1. The lowest BCUT2D eigenvalue weighted by molar-refractivity contribution is -0.116. The predicted octanol–water partition coefficient (Wildman–Crippen LogP) is 1.75. The van der Waals surface area contributed by atoms with E-state index in [1.54, 1.807) is 6.07 Å². The largest absolute Gasteiger partial charge is 0.368 e. The van der Waals surface area contributed by atoms with Gasteiger partial charge in [0.05, 0.1) is 6.54 Å². The molecule has 4 nitrogen and oxygen atoms in total. The average molecular weight is 270 g/mol. The van der Waals surface area contributed by atoms with Crippen LogP contribution in [0, 0.1) is 5.92 Å². The summed E-state index contributed by atoms with van der Waals surface area (Å²) >= 11 is 6.01. The Morgan fingerprint density at radius 2 is 2.11 bits per heavy atom. The Kier molecular flexibility index (Phi) is 5.44. The highest BCUT2D eigenvalue weighted by atomic mass is 35.5. The minimum absolute atomic E-state index is 0.172. The van der Waals surface area contributed by atoms with Gasteiger partial charge in [-0.1, -0.05) is 31.5 Å². The second-order valence-electron chi connectivity index (χ2n) is 4.72. The van der Waals surface area contributed by atoms with E-state index in [9.17, 15) is 4.79 Å². The van der Waals surface area contributed by atoms with Gasteiger partial charge in [-0.2, -0.15) is 0 Å². The number of rotatable bonds is 6. The number of primary amides is 1. The number of halogens is 1. The molecule has 0 saturated heterocycles. The Morgan fingerprint density at radius 3 is 2.61 bits per heavy atom. The lowest BCUT2D eigenvalue weighted by Crippen LogP contribution is -2.37. The summed E-state index contributed by atoms with van der Waals surface area (Å²) in [6.45, 7) is 5.48. The number of amides is 1. The van der Waals surface area contributed by atoms with Crippen molar-refractivity contribution in [2.45, 2.75) is 20.4 Å². The van der Waals surface area contributed by atoms with Crippen molar-refractivity contribution in [3.63, 3.8) is 0 Å². The van der Waals surface area contributed by atoms with Gasteiger partial charge in [0.15, 0.2) is 0 Å². The van der Waals surface area contributed by atoms with Crippen LogP contribution in [0.15, 0.2) is 18.2 Å². The van der Waals surface area contributed by atoms with E-state index in [4.69, 9.17) is 23.1 Å². The molecule has 0 saturated carbocycles. The van der Waals surface area contributed by atoms with Gasteiger partial charge in [-0.15, -0.1) is 0 Å². The molecular formula is C13H20ClN3O. The molecule has 0 aliphatic carbocycles. The van der Waals surface area contributed by atoms with Gasteiger partial charge in [0.25, 0.3) is 0 Å². The summed E-state index contributed by atoms with van der Waals surface area (Å²) < 4.78 is 0. The SMILES string of the molecule is CC(C)CN(CC(N)=O)c1cc(Cl)ccc1CN. The number of nitrogens with zero attached hydrogens (tertiary/aromatic N) is 1. The van der Waals surface area contributed by atoms with Crippen molar-refractivity contribution in [3.8, 4) is 0 Å². The van der Waals surface area contributed by atoms with Crippen molar-refractivity contribution in [3.05, 3.63) is 28.8 Å². The van der Waals surface area contributed by atoms with Crippen molar-refractivity contribution in [2.75, 3.05) is 18.0 Å². The lowest BCUT2D eigenvalue weighted by atomic mass is 10.1. The zero-order chi connectivity index (χ0) is 13.7. The van der Waals surface area contributed by atoms with Crippen LogP contribution in [0.5, 0.6) is 0 Å².